The quantitative estimate of drug-likeness (QED) is 0.0628. The summed E-state index contributed by atoms with van der Waals surface area (Å²) in [4.78, 5) is 100. The molecule has 3 aromatic rings. The average molecular weight is 980 g/mol. The topological polar surface area (TPSA) is 253 Å². The van der Waals surface area contributed by atoms with Crippen LogP contribution in [0.15, 0.2) is 18.2 Å². The normalized spacial score (nSPS) is 15.4. The molecule has 21 nitrogen and oxygen atoms in total. The molecule has 22 heteroatoms. The Morgan fingerprint density at radius 3 is 2.36 bits per heavy atom. The molecule has 2 unspecified atom stereocenters. The van der Waals surface area contributed by atoms with Crippen molar-refractivity contribution in [2.75, 3.05) is 81.2 Å². The van der Waals surface area contributed by atoms with Gasteiger partial charge in [0.15, 0.2) is 18.3 Å². The van der Waals surface area contributed by atoms with Gasteiger partial charge in [-0.15, -0.1) is 4.37 Å². The molecule has 0 spiro atoms. The van der Waals surface area contributed by atoms with Crippen molar-refractivity contribution in [2.24, 2.45) is 0 Å². The molecule has 0 aliphatic carbocycles. The number of ether oxygens (including phenoxy) is 5. The number of aromatic amines is 1. The zero-order valence-corrected chi connectivity index (χ0v) is 41.9. The first-order valence-electron chi connectivity index (χ1n) is 23.0. The second kappa shape index (κ2) is 24.2. The van der Waals surface area contributed by atoms with Gasteiger partial charge in [0.25, 0.3) is 23.6 Å². The number of carbonyl (C=O) groups excluding carboxylic acids is 7. The summed E-state index contributed by atoms with van der Waals surface area (Å²) in [6.07, 6.45) is -2.64. The van der Waals surface area contributed by atoms with Gasteiger partial charge in [0.2, 0.25) is 11.7 Å². The van der Waals surface area contributed by atoms with Crippen molar-refractivity contribution in [3.8, 4) is 5.88 Å². The highest BCUT2D eigenvalue weighted by Gasteiger charge is 2.36. The Hall–Kier alpha value is -6.39. The van der Waals surface area contributed by atoms with E-state index in [0.717, 1.165) is 38.3 Å². The number of esters is 3. The Balaban J connectivity index is 1.20. The predicted octanol–water partition coefficient (Wildman–Crippen LogP) is 4.10. The van der Waals surface area contributed by atoms with Crippen LogP contribution in [0.25, 0.3) is 11.6 Å². The summed E-state index contributed by atoms with van der Waals surface area (Å²) in [5.74, 6) is -3.35. The molecule has 376 valence electrons. The third-order valence-corrected chi connectivity index (χ3v) is 12.0. The van der Waals surface area contributed by atoms with Gasteiger partial charge in [-0.2, -0.15) is 4.37 Å². The second-order valence-electron chi connectivity index (χ2n) is 17.6. The van der Waals surface area contributed by atoms with Crippen LogP contribution in [0.2, 0.25) is 0 Å². The van der Waals surface area contributed by atoms with Crippen LogP contribution in [-0.2, 0) is 47.7 Å². The van der Waals surface area contributed by atoms with Crippen molar-refractivity contribution in [1.29, 1.82) is 0 Å². The Morgan fingerprint density at radius 1 is 0.986 bits per heavy atom. The second-order valence-corrected chi connectivity index (χ2v) is 18.2. The molecule has 2 aliphatic rings. The number of anilines is 3. The first-order chi connectivity index (χ1) is 32.7. The molecular formula is C47H65N9O12S. The number of morpholine rings is 1. The number of nitrogens with zero attached hydrogens (tertiary/aromatic N) is 5. The SMILES string of the molecule is CCN(CC)CCNC(=O)c1c(C)[nH]c(/C=C2\C(=O)Nc3ccc(NC(=O)CCC(=O)OC(C)C(=O)N(C[C@@H](COc4nsnc4N4CCOCC4)OC(=O)C(C)OC(C)=O)C(C)(C)C)cc32)c1C. The minimum Gasteiger partial charge on any atom is -0.470 e. The molecule has 4 heterocycles. The van der Waals surface area contributed by atoms with E-state index in [0.29, 0.717) is 83.7 Å². The van der Waals surface area contributed by atoms with E-state index in [4.69, 9.17) is 23.7 Å². The van der Waals surface area contributed by atoms with Gasteiger partial charge in [-0.3, -0.25) is 28.8 Å². The van der Waals surface area contributed by atoms with E-state index in [1.807, 2.05) is 11.8 Å². The lowest BCUT2D eigenvalue weighted by molar-refractivity contribution is -0.173. The molecular weight excluding hydrogens is 915 g/mol. The number of rotatable bonds is 22. The molecule has 1 fully saturated rings. The highest BCUT2D eigenvalue weighted by molar-refractivity contribution is 6.99. The van der Waals surface area contributed by atoms with Crippen LogP contribution in [-0.4, -0.2) is 155 Å². The fourth-order valence-electron chi connectivity index (χ4n) is 7.72. The molecule has 3 atom stereocenters. The molecule has 4 N–H and O–H groups in total. The van der Waals surface area contributed by atoms with E-state index in [1.54, 1.807) is 52.0 Å². The van der Waals surface area contributed by atoms with Crippen molar-refractivity contribution in [1.82, 2.24) is 28.8 Å². The van der Waals surface area contributed by atoms with Crippen molar-refractivity contribution in [3.63, 3.8) is 0 Å². The van der Waals surface area contributed by atoms with Gasteiger partial charge in [0.1, 0.15) is 6.61 Å². The van der Waals surface area contributed by atoms with Gasteiger partial charge in [-0.1, -0.05) is 13.8 Å². The zero-order valence-electron chi connectivity index (χ0n) is 41.1. The van der Waals surface area contributed by atoms with E-state index in [9.17, 15) is 33.6 Å². The van der Waals surface area contributed by atoms with E-state index in [1.165, 1.54) is 18.7 Å². The Kier molecular flexibility index (Phi) is 18.8. The van der Waals surface area contributed by atoms with Crippen LogP contribution < -0.4 is 25.6 Å². The number of fused-ring (bicyclic) bond motifs is 1. The fraction of sp³-hybridized carbons (Fsp3) is 0.553. The molecule has 2 aliphatic heterocycles. The number of aromatic nitrogens is 3. The van der Waals surface area contributed by atoms with Crippen molar-refractivity contribution in [2.45, 2.75) is 106 Å². The summed E-state index contributed by atoms with van der Waals surface area (Å²) in [5.41, 5.74) is 3.33. The number of H-pyrrole nitrogens is 1. The summed E-state index contributed by atoms with van der Waals surface area (Å²) in [6, 6.07) is 4.92. The van der Waals surface area contributed by atoms with Crippen LogP contribution in [0.5, 0.6) is 5.88 Å². The maximum absolute atomic E-state index is 14.0. The van der Waals surface area contributed by atoms with E-state index >= 15 is 0 Å². The number of nitrogens with one attached hydrogen (secondary N) is 4. The Labute approximate surface area is 406 Å². The lowest BCUT2D eigenvalue weighted by atomic mass is 10.0. The maximum atomic E-state index is 14.0. The molecule has 0 bridgehead atoms. The highest BCUT2D eigenvalue weighted by Crippen LogP contribution is 2.36. The van der Waals surface area contributed by atoms with Gasteiger partial charge < -0.3 is 59.3 Å². The van der Waals surface area contributed by atoms with Crippen LogP contribution in [0, 0.1) is 13.8 Å². The monoisotopic (exact) mass is 979 g/mol. The van der Waals surface area contributed by atoms with Crippen LogP contribution >= 0.6 is 11.7 Å². The molecule has 0 radical (unpaired) electrons. The largest absolute Gasteiger partial charge is 0.470 e. The van der Waals surface area contributed by atoms with Gasteiger partial charge in [-0.25, -0.2) is 4.79 Å². The van der Waals surface area contributed by atoms with Gasteiger partial charge in [0, 0.05) is 73.4 Å². The molecule has 0 saturated carbocycles. The molecule has 1 saturated heterocycles. The molecule has 4 amide bonds. The van der Waals surface area contributed by atoms with E-state index in [2.05, 4.69) is 48.4 Å². The summed E-state index contributed by atoms with van der Waals surface area (Å²) in [5, 5.41) is 8.59. The lowest BCUT2D eigenvalue weighted by Crippen LogP contribution is -2.54. The summed E-state index contributed by atoms with van der Waals surface area (Å²) in [7, 11) is 0. The average Bonchev–Trinajstić information content (AvgIpc) is 3.98. The standard InChI is InChI=1S/C47H65N9O12S/c1-11-54(12-2)18-17-48-43(61)40-27(3)37(49-28(40)4)24-35-34-23-32(13-14-36(34)51-42(35)60)50-38(58)15-16-39(59)67-29(5)45(62)56(47(8,9)10)25-33(68-46(63)30(6)66-31(7)57)26-65-44-41(52-69-53-44)55-19-21-64-22-20-55/h13-14,23-24,29-30,33,49H,11-12,15-22,25-26H2,1-10H3,(H,48,61)(H,50,58)(H,51,60)/b35-24-/t29?,30?,33-/m0/s1. The molecule has 2 aromatic heterocycles. The third kappa shape index (κ3) is 14.6. The van der Waals surface area contributed by atoms with Crippen molar-refractivity contribution < 1.29 is 57.2 Å². The minimum absolute atomic E-state index is 0.206. The highest BCUT2D eigenvalue weighted by atomic mass is 32.1. The molecule has 5 rings (SSSR count). The Bertz CT molecular complexity index is 2380. The number of benzene rings is 1. The van der Waals surface area contributed by atoms with Crippen molar-refractivity contribution in [3.05, 3.63) is 46.3 Å². The predicted molar refractivity (Wildman–Crippen MR) is 258 cm³/mol. The van der Waals surface area contributed by atoms with Crippen LogP contribution in [0.4, 0.5) is 17.2 Å². The number of likely N-dealkylation sites (N-methyl/N-ethyl adjacent to an activating group) is 1. The molecule has 1 aromatic carbocycles. The molecule has 69 heavy (non-hydrogen) atoms. The first-order valence-corrected chi connectivity index (χ1v) is 23.8. The minimum atomic E-state index is -1.31. The smallest absolute Gasteiger partial charge is 0.347 e. The summed E-state index contributed by atoms with van der Waals surface area (Å²) < 4.78 is 36.4. The lowest BCUT2D eigenvalue weighted by Gasteiger charge is -2.39. The maximum Gasteiger partial charge on any atom is 0.347 e. The number of carbonyl (C=O) groups is 7. The van der Waals surface area contributed by atoms with Crippen LogP contribution in [0.1, 0.15) is 101 Å². The number of aryl methyl sites for hydroxylation is 1. The number of hydrogen-bond donors (Lipinski definition) is 4. The fourth-order valence-corrected chi connectivity index (χ4v) is 8.24. The third-order valence-electron chi connectivity index (χ3n) is 11.5. The zero-order chi connectivity index (χ0) is 50.6. The van der Waals surface area contributed by atoms with Crippen molar-refractivity contribution >= 4 is 82.1 Å². The van der Waals surface area contributed by atoms with Gasteiger partial charge in [0.05, 0.1) is 49.0 Å². The summed E-state index contributed by atoms with van der Waals surface area (Å²) in [6.45, 7) is 21.6. The van der Waals surface area contributed by atoms with E-state index in [-0.39, 0.29) is 43.7 Å². The number of hydrogen-bond acceptors (Lipinski definition) is 17. The number of amides is 4. The summed E-state index contributed by atoms with van der Waals surface area (Å²) >= 11 is 0.947. The van der Waals surface area contributed by atoms with Gasteiger partial charge in [-0.05, 0) is 91.4 Å². The first kappa shape index (κ1) is 53.6. The van der Waals surface area contributed by atoms with Crippen LogP contribution in [0.3, 0.4) is 0 Å². The Morgan fingerprint density at radius 2 is 1.70 bits per heavy atom. The van der Waals surface area contributed by atoms with Gasteiger partial charge >= 0.3 is 17.9 Å². The van der Waals surface area contributed by atoms with E-state index < -0.39 is 53.6 Å².